The highest BCUT2D eigenvalue weighted by Crippen LogP contribution is 2.20. The minimum absolute atomic E-state index is 0.242. The molecule has 0 saturated carbocycles. The molecular weight excluding hydrogens is 238 g/mol. The smallest absolute Gasteiger partial charge is 0.119 e. The van der Waals surface area contributed by atoms with Crippen molar-refractivity contribution < 1.29 is 9.47 Å². The Kier molecular flexibility index (Phi) is 5.67. The van der Waals surface area contributed by atoms with Gasteiger partial charge in [0.15, 0.2) is 0 Å². The van der Waals surface area contributed by atoms with Gasteiger partial charge in [0.25, 0.3) is 0 Å². The second-order valence-corrected chi connectivity index (χ2v) is 5.63. The predicted octanol–water partition coefficient (Wildman–Crippen LogP) is 2.86. The Bertz CT molecular complexity index is 353. The van der Waals surface area contributed by atoms with E-state index in [4.69, 9.17) is 9.47 Å². The molecule has 2 unspecified atom stereocenters. The average molecular weight is 263 g/mol. The van der Waals surface area contributed by atoms with Gasteiger partial charge in [0.2, 0.25) is 0 Å². The van der Waals surface area contributed by atoms with Gasteiger partial charge in [-0.05, 0) is 37.4 Å². The number of hydrogen-bond acceptors (Lipinski definition) is 3. The molecule has 1 heterocycles. The Morgan fingerprint density at radius 1 is 1.21 bits per heavy atom. The number of benzene rings is 1. The van der Waals surface area contributed by atoms with Crippen LogP contribution in [0.15, 0.2) is 30.3 Å². The summed E-state index contributed by atoms with van der Waals surface area (Å²) in [5.41, 5.74) is 0. The van der Waals surface area contributed by atoms with E-state index in [-0.39, 0.29) is 6.10 Å². The minimum atomic E-state index is 0.242. The molecule has 1 aliphatic heterocycles. The third-order valence-corrected chi connectivity index (χ3v) is 3.30. The first-order valence-corrected chi connectivity index (χ1v) is 7.28. The van der Waals surface area contributed by atoms with Gasteiger partial charge in [-0.25, -0.2) is 0 Å². The number of hydrogen-bond donors (Lipinski definition) is 1. The van der Waals surface area contributed by atoms with Crippen molar-refractivity contribution in [3.63, 3.8) is 0 Å². The molecule has 1 N–H and O–H groups in total. The zero-order chi connectivity index (χ0) is 13.5. The lowest BCUT2D eigenvalue weighted by Gasteiger charge is -2.16. The Morgan fingerprint density at radius 3 is 2.68 bits per heavy atom. The van der Waals surface area contributed by atoms with E-state index in [0.717, 1.165) is 31.7 Å². The molecule has 0 aromatic heterocycles. The fourth-order valence-corrected chi connectivity index (χ4v) is 2.29. The monoisotopic (exact) mass is 263 g/mol. The highest BCUT2D eigenvalue weighted by atomic mass is 16.5. The van der Waals surface area contributed by atoms with Crippen LogP contribution in [0.5, 0.6) is 5.75 Å². The quantitative estimate of drug-likeness (QED) is 0.820. The van der Waals surface area contributed by atoms with Crippen molar-refractivity contribution in [1.29, 1.82) is 0 Å². The largest absolute Gasteiger partial charge is 0.491 e. The summed E-state index contributed by atoms with van der Waals surface area (Å²) in [6.45, 7) is 7.12. The maximum absolute atomic E-state index is 5.98. The highest BCUT2D eigenvalue weighted by Gasteiger charge is 2.25. The van der Waals surface area contributed by atoms with Crippen molar-refractivity contribution in [1.82, 2.24) is 5.32 Å². The lowest BCUT2D eigenvalue weighted by Crippen LogP contribution is -2.30. The van der Waals surface area contributed by atoms with Gasteiger partial charge in [0.05, 0.1) is 12.2 Å². The molecular formula is C16H25NO2. The average Bonchev–Trinajstić information content (AvgIpc) is 2.85. The van der Waals surface area contributed by atoms with Crippen LogP contribution < -0.4 is 10.1 Å². The first-order valence-electron chi connectivity index (χ1n) is 7.28. The summed E-state index contributed by atoms with van der Waals surface area (Å²) in [5, 5.41) is 3.46. The van der Waals surface area contributed by atoms with Crippen LogP contribution in [0.3, 0.4) is 0 Å². The summed E-state index contributed by atoms with van der Waals surface area (Å²) >= 11 is 0. The van der Waals surface area contributed by atoms with Gasteiger partial charge < -0.3 is 14.8 Å². The van der Waals surface area contributed by atoms with E-state index in [0.29, 0.717) is 18.6 Å². The maximum atomic E-state index is 5.98. The first-order chi connectivity index (χ1) is 9.24. The second-order valence-electron chi connectivity index (χ2n) is 5.63. The van der Waals surface area contributed by atoms with Crippen LogP contribution in [0, 0.1) is 5.92 Å². The summed E-state index contributed by atoms with van der Waals surface area (Å²) in [6, 6.07) is 9.94. The third kappa shape index (κ3) is 5.21. The van der Waals surface area contributed by atoms with E-state index in [2.05, 4.69) is 19.2 Å². The van der Waals surface area contributed by atoms with Crippen LogP contribution >= 0.6 is 0 Å². The Hall–Kier alpha value is -1.06. The van der Waals surface area contributed by atoms with E-state index in [1.54, 1.807) is 0 Å². The molecule has 0 amide bonds. The van der Waals surface area contributed by atoms with E-state index < -0.39 is 0 Å². The van der Waals surface area contributed by atoms with E-state index in [9.17, 15) is 0 Å². The molecule has 1 fully saturated rings. The summed E-state index contributed by atoms with van der Waals surface area (Å²) in [6.07, 6.45) is 2.82. The van der Waals surface area contributed by atoms with Gasteiger partial charge in [-0.15, -0.1) is 0 Å². The molecule has 1 saturated heterocycles. The number of nitrogens with one attached hydrogen (secondary N) is 1. The van der Waals surface area contributed by atoms with Gasteiger partial charge in [0, 0.05) is 6.54 Å². The summed E-state index contributed by atoms with van der Waals surface area (Å²) in [5.74, 6) is 1.62. The predicted molar refractivity (Wildman–Crippen MR) is 77.5 cm³/mol. The van der Waals surface area contributed by atoms with E-state index in [1.165, 1.54) is 0 Å². The van der Waals surface area contributed by atoms with Gasteiger partial charge in [0.1, 0.15) is 12.4 Å². The van der Waals surface area contributed by atoms with Crippen molar-refractivity contribution in [2.75, 3.05) is 19.7 Å². The molecule has 0 radical (unpaired) electrons. The van der Waals surface area contributed by atoms with Gasteiger partial charge in [-0.2, -0.15) is 0 Å². The summed E-state index contributed by atoms with van der Waals surface area (Å²) < 4.78 is 11.7. The van der Waals surface area contributed by atoms with Crippen LogP contribution in [0.4, 0.5) is 0 Å². The molecule has 0 bridgehead atoms. The van der Waals surface area contributed by atoms with E-state index in [1.807, 2.05) is 30.3 Å². The molecule has 0 aliphatic carbocycles. The standard InChI is InChI=1S/C16H25NO2/c1-13(2)10-17-11-15-8-9-16(19-15)12-18-14-6-4-3-5-7-14/h3-7,13,15-17H,8-12H2,1-2H3. The molecule has 3 heteroatoms. The fourth-order valence-electron chi connectivity index (χ4n) is 2.29. The molecule has 0 spiro atoms. The third-order valence-electron chi connectivity index (χ3n) is 3.30. The van der Waals surface area contributed by atoms with Crippen molar-refractivity contribution in [2.45, 2.75) is 38.9 Å². The van der Waals surface area contributed by atoms with Gasteiger partial charge >= 0.3 is 0 Å². The molecule has 2 rings (SSSR count). The van der Waals surface area contributed by atoms with Gasteiger partial charge in [-0.1, -0.05) is 32.0 Å². The first kappa shape index (κ1) is 14.4. The van der Waals surface area contributed by atoms with Gasteiger partial charge in [-0.3, -0.25) is 0 Å². The van der Waals surface area contributed by atoms with Crippen LogP contribution in [0.1, 0.15) is 26.7 Å². The lowest BCUT2D eigenvalue weighted by atomic mass is 10.2. The minimum Gasteiger partial charge on any atom is -0.491 e. The number of para-hydroxylation sites is 1. The Labute approximate surface area is 116 Å². The lowest BCUT2D eigenvalue weighted by molar-refractivity contribution is 0.0184. The number of ether oxygens (including phenoxy) is 2. The Balaban J connectivity index is 1.62. The summed E-state index contributed by atoms with van der Waals surface area (Å²) in [7, 11) is 0. The van der Waals surface area contributed by atoms with Crippen molar-refractivity contribution >= 4 is 0 Å². The van der Waals surface area contributed by atoms with Crippen LogP contribution in [0.2, 0.25) is 0 Å². The SMILES string of the molecule is CC(C)CNCC1CCC(COc2ccccc2)O1. The molecule has 106 valence electrons. The van der Waals surface area contributed by atoms with Crippen LogP contribution in [0.25, 0.3) is 0 Å². The second kappa shape index (κ2) is 7.51. The normalized spacial score (nSPS) is 22.9. The Morgan fingerprint density at radius 2 is 1.95 bits per heavy atom. The molecule has 1 aromatic carbocycles. The zero-order valence-corrected chi connectivity index (χ0v) is 12.0. The fraction of sp³-hybridized carbons (Fsp3) is 0.625. The maximum Gasteiger partial charge on any atom is 0.119 e. The zero-order valence-electron chi connectivity index (χ0n) is 12.0. The molecule has 19 heavy (non-hydrogen) atoms. The number of rotatable bonds is 7. The summed E-state index contributed by atoms with van der Waals surface area (Å²) in [4.78, 5) is 0. The van der Waals surface area contributed by atoms with E-state index >= 15 is 0 Å². The van der Waals surface area contributed by atoms with Crippen molar-refractivity contribution in [3.05, 3.63) is 30.3 Å². The van der Waals surface area contributed by atoms with Crippen LogP contribution in [-0.4, -0.2) is 31.9 Å². The van der Waals surface area contributed by atoms with Crippen molar-refractivity contribution in [3.8, 4) is 5.75 Å². The molecule has 3 nitrogen and oxygen atoms in total. The molecule has 1 aliphatic rings. The highest BCUT2D eigenvalue weighted by molar-refractivity contribution is 5.20. The van der Waals surface area contributed by atoms with Crippen molar-refractivity contribution in [2.24, 2.45) is 5.92 Å². The van der Waals surface area contributed by atoms with Crippen LogP contribution in [-0.2, 0) is 4.74 Å². The molecule has 2 atom stereocenters. The molecule has 1 aromatic rings. The topological polar surface area (TPSA) is 30.5 Å².